The van der Waals surface area contributed by atoms with E-state index in [1.165, 1.54) is 7.11 Å². The van der Waals surface area contributed by atoms with Crippen LogP contribution in [-0.4, -0.2) is 32.0 Å². The number of anilines is 1. The molecule has 0 aliphatic carbocycles. The van der Waals surface area contributed by atoms with Crippen molar-refractivity contribution in [3.05, 3.63) is 23.2 Å². The van der Waals surface area contributed by atoms with E-state index in [9.17, 15) is 9.59 Å². The quantitative estimate of drug-likeness (QED) is 0.719. The highest BCUT2D eigenvalue weighted by Crippen LogP contribution is 2.27. The third kappa shape index (κ3) is 5.15. The minimum absolute atomic E-state index is 0.0935. The molecule has 0 saturated heterocycles. The molecule has 0 bridgehead atoms. The molecule has 0 saturated carbocycles. The summed E-state index contributed by atoms with van der Waals surface area (Å²) in [5, 5.41) is 5.66. The van der Waals surface area contributed by atoms with Crippen LogP contribution >= 0.6 is 11.6 Å². The van der Waals surface area contributed by atoms with Crippen LogP contribution < -0.4 is 21.1 Å². The van der Waals surface area contributed by atoms with Gasteiger partial charge < -0.3 is 21.1 Å². The monoisotopic (exact) mass is 285 g/mol. The lowest BCUT2D eigenvalue weighted by molar-refractivity contribution is -0.120. The van der Waals surface area contributed by atoms with Crippen molar-refractivity contribution in [1.29, 1.82) is 0 Å². The molecule has 19 heavy (non-hydrogen) atoms. The molecule has 0 aliphatic heterocycles. The first kappa shape index (κ1) is 15.3. The fourth-order valence-electron chi connectivity index (χ4n) is 1.38. The first-order chi connectivity index (χ1) is 9.06. The van der Waals surface area contributed by atoms with Gasteiger partial charge in [0.05, 0.1) is 19.3 Å². The molecule has 1 rings (SSSR count). The largest absolute Gasteiger partial charge is 0.495 e. The topological polar surface area (TPSA) is 93.5 Å². The third-order valence-electron chi connectivity index (χ3n) is 2.30. The van der Waals surface area contributed by atoms with Gasteiger partial charge in [-0.3, -0.25) is 9.59 Å². The summed E-state index contributed by atoms with van der Waals surface area (Å²) in [7, 11) is 1.50. The number of rotatable bonds is 6. The first-order valence-electron chi connectivity index (χ1n) is 5.67. The molecular weight excluding hydrogens is 270 g/mol. The van der Waals surface area contributed by atoms with Crippen LogP contribution in [0, 0.1) is 0 Å². The summed E-state index contributed by atoms with van der Waals surface area (Å²) in [5.41, 5.74) is 5.61. The van der Waals surface area contributed by atoms with Gasteiger partial charge in [0.15, 0.2) is 0 Å². The summed E-state index contributed by atoms with van der Waals surface area (Å²) in [6, 6.07) is 4.92. The van der Waals surface area contributed by atoms with Crippen LogP contribution in [0.2, 0.25) is 5.02 Å². The van der Waals surface area contributed by atoms with Crippen molar-refractivity contribution in [1.82, 2.24) is 5.32 Å². The van der Waals surface area contributed by atoms with E-state index in [4.69, 9.17) is 22.1 Å². The number of methoxy groups -OCH3 is 1. The van der Waals surface area contributed by atoms with Gasteiger partial charge in [0, 0.05) is 18.0 Å². The summed E-state index contributed by atoms with van der Waals surface area (Å²) >= 11 is 5.84. The molecule has 0 spiro atoms. The number of halogens is 1. The third-order valence-corrected chi connectivity index (χ3v) is 2.53. The molecular formula is C12H16ClN3O3. The molecule has 2 amide bonds. The number of ether oxygens (including phenoxy) is 1. The van der Waals surface area contributed by atoms with Gasteiger partial charge in [0.25, 0.3) is 0 Å². The standard InChI is InChI=1S/C12H16ClN3O3/c1-19-10-3-2-8(13)6-9(10)16-11(17)4-5-15-12(18)7-14/h2-3,6H,4-5,7,14H2,1H3,(H,15,18)(H,16,17). The maximum atomic E-state index is 11.7. The maximum absolute atomic E-state index is 11.7. The molecule has 0 radical (unpaired) electrons. The molecule has 0 unspecified atom stereocenters. The van der Waals surface area contributed by atoms with Crippen molar-refractivity contribution in [2.75, 3.05) is 25.5 Å². The smallest absolute Gasteiger partial charge is 0.233 e. The Balaban J connectivity index is 2.52. The van der Waals surface area contributed by atoms with Gasteiger partial charge in [-0.05, 0) is 18.2 Å². The molecule has 1 aromatic rings. The zero-order chi connectivity index (χ0) is 14.3. The fraction of sp³-hybridized carbons (Fsp3) is 0.333. The zero-order valence-corrected chi connectivity index (χ0v) is 11.3. The predicted octanol–water partition coefficient (Wildman–Crippen LogP) is 0.752. The Labute approximate surface area is 116 Å². The number of nitrogens with two attached hydrogens (primary N) is 1. The lowest BCUT2D eigenvalue weighted by Crippen LogP contribution is -2.32. The van der Waals surface area contributed by atoms with Crippen molar-refractivity contribution >= 4 is 29.1 Å². The van der Waals surface area contributed by atoms with Crippen LogP contribution in [0.25, 0.3) is 0 Å². The molecule has 4 N–H and O–H groups in total. The van der Waals surface area contributed by atoms with Gasteiger partial charge in [-0.2, -0.15) is 0 Å². The summed E-state index contributed by atoms with van der Waals surface area (Å²) in [5.74, 6) is -0.0326. The number of hydrogen-bond acceptors (Lipinski definition) is 4. The molecule has 1 aromatic carbocycles. The first-order valence-corrected chi connectivity index (χ1v) is 6.04. The number of carbonyl (C=O) groups excluding carboxylic acids is 2. The molecule has 7 heteroatoms. The highest BCUT2D eigenvalue weighted by molar-refractivity contribution is 6.31. The lowest BCUT2D eigenvalue weighted by atomic mass is 10.2. The van der Waals surface area contributed by atoms with Crippen molar-refractivity contribution in [2.45, 2.75) is 6.42 Å². The van der Waals surface area contributed by atoms with Gasteiger partial charge in [0.2, 0.25) is 11.8 Å². The number of benzene rings is 1. The number of hydrogen-bond donors (Lipinski definition) is 3. The SMILES string of the molecule is COc1ccc(Cl)cc1NC(=O)CCNC(=O)CN. The average molecular weight is 286 g/mol. The molecule has 6 nitrogen and oxygen atoms in total. The van der Waals surface area contributed by atoms with Gasteiger partial charge in [-0.15, -0.1) is 0 Å². The predicted molar refractivity (Wildman–Crippen MR) is 73.3 cm³/mol. The van der Waals surface area contributed by atoms with Crippen molar-refractivity contribution in [3.63, 3.8) is 0 Å². The van der Waals surface area contributed by atoms with E-state index in [0.29, 0.717) is 16.5 Å². The number of nitrogens with one attached hydrogen (secondary N) is 2. The fourth-order valence-corrected chi connectivity index (χ4v) is 1.55. The second-order valence-electron chi connectivity index (χ2n) is 3.70. The second kappa shape index (κ2) is 7.60. The summed E-state index contributed by atoms with van der Waals surface area (Å²) < 4.78 is 5.10. The van der Waals surface area contributed by atoms with Crippen LogP contribution in [0.3, 0.4) is 0 Å². The Morgan fingerprint density at radius 3 is 2.74 bits per heavy atom. The van der Waals surface area contributed by atoms with Crippen LogP contribution in [0.15, 0.2) is 18.2 Å². The Morgan fingerprint density at radius 1 is 1.37 bits per heavy atom. The molecule has 0 atom stereocenters. The van der Waals surface area contributed by atoms with E-state index < -0.39 is 0 Å². The van der Waals surface area contributed by atoms with Crippen LogP contribution in [-0.2, 0) is 9.59 Å². The van der Waals surface area contributed by atoms with Crippen LogP contribution in [0.1, 0.15) is 6.42 Å². The van der Waals surface area contributed by atoms with Crippen LogP contribution in [0.5, 0.6) is 5.75 Å². The maximum Gasteiger partial charge on any atom is 0.233 e. The Morgan fingerprint density at radius 2 is 2.11 bits per heavy atom. The second-order valence-corrected chi connectivity index (χ2v) is 4.13. The van der Waals surface area contributed by atoms with Crippen molar-refractivity contribution < 1.29 is 14.3 Å². The Bertz CT molecular complexity index is 466. The van der Waals surface area contributed by atoms with E-state index in [1.807, 2.05) is 0 Å². The molecule has 0 fully saturated rings. The van der Waals surface area contributed by atoms with Crippen LogP contribution in [0.4, 0.5) is 5.69 Å². The normalized spacial score (nSPS) is 9.84. The zero-order valence-electron chi connectivity index (χ0n) is 10.5. The lowest BCUT2D eigenvalue weighted by Gasteiger charge is -2.10. The summed E-state index contributed by atoms with van der Waals surface area (Å²) in [4.78, 5) is 22.6. The van der Waals surface area contributed by atoms with E-state index in [0.717, 1.165) is 0 Å². The Hall–Kier alpha value is -1.79. The minimum atomic E-state index is -0.298. The molecule has 0 aromatic heterocycles. The average Bonchev–Trinajstić information content (AvgIpc) is 2.38. The number of amides is 2. The van der Waals surface area contributed by atoms with E-state index in [1.54, 1.807) is 18.2 Å². The van der Waals surface area contributed by atoms with Gasteiger partial charge in [-0.1, -0.05) is 11.6 Å². The minimum Gasteiger partial charge on any atom is -0.495 e. The summed E-state index contributed by atoms with van der Waals surface area (Å²) in [6.07, 6.45) is 0.140. The van der Waals surface area contributed by atoms with Gasteiger partial charge in [0.1, 0.15) is 5.75 Å². The highest BCUT2D eigenvalue weighted by atomic mass is 35.5. The van der Waals surface area contributed by atoms with Gasteiger partial charge in [-0.25, -0.2) is 0 Å². The molecule has 0 aliphatic rings. The van der Waals surface area contributed by atoms with Crippen molar-refractivity contribution in [2.24, 2.45) is 5.73 Å². The van der Waals surface area contributed by atoms with E-state index in [2.05, 4.69) is 10.6 Å². The Kier molecular flexibility index (Phi) is 6.11. The summed E-state index contributed by atoms with van der Waals surface area (Å²) in [6.45, 7) is 0.133. The number of carbonyl (C=O) groups is 2. The van der Waals surface area contributed by atoms with E-state index >= 15 is 0 Å². The van der Waals surface area contributed by atoms with E-state index in [-0.39, 0.29) is 31.3 Å². The van der Waals surface area contributed by atoms with Gasteiger partial charge >= 0.3 is 0 Å². The molecule has 104 valence electrons. The highest BCUT2D eigenvalue weighted by Gasteiger charge is 2.08. The molecule has 0 heterocycles. The van der Waals surface area contributed by atoms with Crippen molar-refractivity contribution in [3.8, 4) is 5.75 Å².